The topological polar surface area (TPSA) is 54.5 Å². The van der Waals surface area contributed by atoms with Gasteiger partial charge in [0.05, 0.1) is 12.8 Å². The lowest BCUT2D eigenvalue weighted by Crippen LogP contribution is -2.31. The van der Waals surface area contributed by atoms with Gasteiger partial charge in [0.2, 0.25) is 0 Å². The van der Waals surface area contributed by atoms with E-state index in [1.54, 1.807) is 43.6 Å². The Kier molecular flexibility index (Phi) is 6.30. The highest BCUT2D eigenvalue weighted by atomic mass is 19.1. The monoisotopic (exact) mass is 357 g/mol. The predicted molar refractivity (Wildman–Crippen MR) is 98.4 cm³/mol. The number of amides is 1. The number of likely N-dealkylation sites (tertiary alicyclic amines) is 1. The molecule has 5 nitrogen and oxygen atoms in total. The first kappa shape index (κ1) is 18.5. The number of ether oxygens (including phenoxy) is 1. The summed E-state index contributed by atoms with van der Waals surface area (Å²) < 4.78 is 18.9. The molecule has 1 N–H and O–H groups in total. The highest BCUT2D eigenvalue weighted by molar-refractivity contribution is 5.94. The molecule has 1 aromatic heterocycles. The van der Waals surface area contributed by atoms with E-state index in [9.17, 15) is 9.18 Å². The third-order valence-corrected chi connectivity index (χ3v) is 4.76. The van der Waals surface area contributed by atoms with E-state index in [1.165, 1.54) is 6.20 Å². The number of hydrogen-bond donors (Lipinski definition) is 1. The molecule has 0 bridgehead atoms. The molecule has 1 atom stereocenters. The number of hydrogen-bond acceptors (Lipinski definition) is 4. The number of benzene rings is 1. The van der Waals surface area contributed by atoms with Crippen molar-refractivity contribution in [2.75, 3.05) is 39.9 Å². The van der Waals surface area contributed by atoms with Crippen molar-refractivity contribution in [1.82, 2.24) is 15.2 Å². The summed E-state index contributed by atoms with van der Waals surface area (Å²) in [6.45, 7) is 4.39. The third kappa shape index (κ3) is 4.65. The minimum absolute atomic E-state index is 0.0953. The van der Waals surface area contributed by atoms with Crippen LogP contribution >= 0.6 is 0 Å². The first-order valence-corrected chi connectivity index (χ1v) is 8.87. The van der Waals surface area contributed by atoms with Gasteiger partial charge in [-0.15, -0.1) is 0 Å². The van der Waals surface area contributed by atoms with Crippen molar-refractivity contribution in [3.63, 3.8) is 0 Å². The number of rotatable bonds is 7. The van der Waals surface area contributed by atoms with E-state index in [1.807, 2.05) is 0 Å². The number of carbonyl (C=O) groups excluding carboxylic acids is 1. The molecule has 0 aliphatic carbocycles. The zero-order valence-electron chi connectivity index (χ0n) is 15.0. The zero-order chi connectivity index (χ0) is 18.4. The molecule has 0 saturated carbocycles. The number of methoxy groups -OCH3 is 1. The maximum atomic E-state index is 13.8. The van der Waals surface area contributed by atoms with Crippen molar-refractivity contribution in [1.29, 1.82) is 0 Å². The van der Waals surface area contributed by atoms with Crippen LogP contribution in [0.3, 0.4) is 0 Å². The normalized spacial score (nSPS) is 17.4. The fourth-order valence-corrected chi connectivity index (χ4v) is 3.25. The van der Waals surface area contributed by atoms with Crippen molar-refractivity contribution in [2.45, 2.75) is 6.42 Å². The summed E-state index contributed by atoms with van der Waals surface area (Å²) in [5, 5.41) is 3.01. The van der Waals surface area contributed by atoms with Crippen molar-refractivity contribution in [3.8, 4) is 11.1 Å². The third-order valence-electron chi connectivity index (χ3n) is 4.76. The SMILES string of the molecule is COCCN1CC[C@@H](CNC(=O)c2ccc(-c3ccncc3F)cc2)C1. The van der Waals surface area contributed by atoms with Crippen LogP contribution in [-0.4, -0.2) is 55.7 Å². The second kappa shape index (κ2) is 8.87. The van der Waals surface area contributed by atoms with Gasteiger partial charge >= 0.3 is 0 Å². The Labute approximate surface area is 153 Å². The number of aromatic nitrogens is 1. The molecule has 0 unspecified atom stereocenters. The fraction of sp³-hybridized carbons (Fsp3) is 0.400. The van der Waals surface area contributed by atoms with Crippen LogP contribution < -0.4 is 5.32 Å². The maximum absolute atomic E-state index is 13.8. The highest BCUT2D eigenvalue weighted by Crippen LogP contribution is 2.22. The number of nitrogens with one attached hydrogen (secondary N) is 1. The lowest BCUT2D eigenvalue weighted by molar-refractivity contribution is 0.0946. The van der Waals surface area contributed by atoms with Crippen molar-refractivity contribution in [3.05, 3.63) is 54.1 Å². The second-order valence-electron chi connectivity index (χ2n) is 6.59. The Bertz CT molecular complexity index is 736. The molecule has 1 amide bonds. The lowest BCUT2D eigenvalue weighted by atomic mass is 10.0. The van der Waals surface area contributed by atoms with Gasteiger partial charge in [-0.2, -0.15) is 0 Å². The number of pyridine rings is 1. The van der Waals surface area contributed by atoms with Crippen molar-refractivity contribution in [2.24, 2.45) is 5.92 Å². The van der Waals surface area contributed by atoms with Crippen LogP contribution in [0, 0.1) is 11.7 Å². The molecule has 2 aromatic rings. The largest absolute Gasteiger partial charge is 0.383 e. The van der Waals surface area contributed by atoms with Crippen molar-refractivity contribution >= 4 is 5.91 Å². The smallest absolute Gasteiger partial charge is 0.251 e. The van der Waals surface area contributed by atoms with Gasteiger partial charge in [-0.1, -0.05) is 12.1 Å². The lowest BCUT2D eigenvalue weighted by Gasteiger charge is -2.15. The van der Waals surface area contributed by atoms with Crippen LogP contribution in [0.4, 0.5) is 4.39 Å². The van der Waals surface area contributed by atoms with Gasteiger partial charge in [0, 0.05) is 44.1 Å². The Morgan fingerprint density at radius 1 is 1.35 bits per heavy atom. The molecule has 138 valence electrons. The van der Waals surface area contributed by atoms with E-state index in [2.05, 4.69) is 15.2 Å². The van der Waals surface area contributed by atoms with Crippen LogP contribution in [0.25, 0.3) is 11.1 Å². The molecule has 0 radical (unpaired) electrons. The summed E-state index contributed by atoms with van der Waals surface area (Å²) >= 11 is 0. The van der Waals surface area contributed by atoms with Crippen LogP contribution in [0.5, 0.6) is 0 Å². The first-order valence-electron chi connectivity index (χ1n) is 8.87. The summed E-state index contributed by atoms with van der Waals surface area (Å²) in [5.41, 5.74) is 1.79. The van der Waals surface area contributed by atoms with Gasteiger partial charge in [0.1, 0.15) is 5.82 Å². The molecule has 0 spiro atoms. The van der Waals surface area contributed by atoms with Gasteiger partial charge in [-0.3, -0.25) is 9.78 Å². The van der Waals surface area contributed by atoms with Crippen LogP contribution in [0.15, 0.2) is 42.7 Å². The Morgan fingerprint density at radius 2 is 2.15 bits per heavy atom. The molecular formula is C20H24FN3O2. The highest BCUT2D eigenvalue weighted by Gasteiger charge is 2.22. The minimum Gasteiger partial charge on any atom is -0.383 e. The van der Waals surface area contributed by atoms with Gasteiger partial charge < -0.3 is 15.0 Å². The average molecular weight is 357 g/mol. The van der Waals surface area contributed by atoms with E-state index in [-0.39, 0.29) is 11.7 Å². The van der Waals surface area contributed by atoms with Gasteiger partial charge in [-0.05, 0) is 42.6 Å². The Morgan fingerprint density at radius 3 is 2.88 bits per heavy atom. The maximum Gasteiger partial charge on any atom is 0.251 e. The first-order chi connectivity index (χ1) is 12.7. The molecule has 26 heavy (non-hydrogen) atoms. The summed E-state index contributed by atoms with van der Waals surface area (Å²) in [6.07, 6.45) is 3.83. The van der Waals surface area contributed by atoms with E-state index in [0.29, 0.717) is 23.6 Å². The van der Waals surface area contributed by atoms with Crippen LogP contribution in [0.1, 0.15) is 16.8 Å². The Balaban J connectivity index is 1.52. The molecule has 1 fully saturated rings. The molecule has 2 heterocycles. The zero-order valence-corrected chi connectivity index (χ0v) is 15.0. The van der Waals surface area contributed by atoms with Crippen molar-refractivity contribution < 1.29 is 13.9 Å². The summed E-state index contributed by atoms with van der Waals surface area (Å²) in [4.78, 5) is 18.5. The second-order valence-corrected chi connectivity index (χ2v) is 6.59. The number of nitrogens with zero attached hydrogens (tertiary/aromatic N) is 2. The minimum atomic E-state index is -0.371. The van der Waals surface area contributed by atoms with Crippen LogP contribution in [0.2, 0.25) is 0 Å². The molecular weight excluding hydrogens is 333 g/mol. The standard InChI is InChI=1S/C20H24FN3O2/c1-26-11-10-24-9-7-15(14-24)12-23-20(25)17-4-2-16(3-5-17)18-6-8-22-13-19(18)21/h2-6,8,13,15H,7,9-12,14H2,1H3,(H,23,25)/t15-/m0/s1. The van der Waals surface area contributed by atoms with E-state index in [0.717, 1.165) is 38.2 Å². The fourth-order valence-electron chi connectivity index (χ4n) is 3.25. The van der Waals surface area contributed by atoms with E-state index < -0.39 is 0 Å². The van der Waals surface area contributed by atoms with Gasteiger partial charge in [-0.25, -0.2) is 4.39 Å². The quantitative estimate of drug-likeness (QED) is 0.828. The molecule has 3 rings (SSSR count). The van der Waals surface area contributed by atoms with E-state index in [4.69, 9.17) is 4.74 Å². The summed E-state index contributed by atoms with van der Waals surface area (Å²) in [5.74, 6) is 0.00653. The van der Waals surface area contributed by atoms with Gasteiger partial charge in [0.25, 0.3) is 5.91 Å². The average Bonchev–Trinajstić information content (AvgIpc) is 3.13. The van der Waals surface area contributed by atoms with E-state index >= 15 is 0 Å². The molecule has 1 aliphatic heterocycles. The van der Waals surface area contributed by atoms with Gasteiger partial charge in [0.15, 0.2) is 0 Å². The number of halogens is 1. The number of carbonyl (C=O) groups is 1. The summed E-state index contributed by atoms with van der Waals surface area (Å²) in [7, 11) is 1.71. The molecule has 1 aromatic carbocycles. The molecule has 1 saturated heterocycles. The van der Waals surface area contributed by atoms with Crippen LogP contribution in [-0.2, 0) is 4.74 Å². The predicted octanol–water partition coefficient (Wildman–Crippen LogP) is 2.59. The summed E-state index contributed by atoms with van der Waals surface area (Å²) in [6, 6.07) is 8.60. The molecule has 1 aliphatic rings. The Hall–Kier alpha value is -2.31. The molecule has 6 heteroatoms.